The molecule has 0 saturated carbocycles. The van der Waals surface area contributed by atoms with E-state index in [9.17, 15) is 17.2 Å². The second-order valence-electron chi connectivity index (χ2n) is 6.75. The average Bonchev–Trinajstić information content (AvgIpc) is 3.16. The van der Waals surface area contributed by atoms with Gasteiger partial charge in [0.25, 0.3) is 10.0 Å². The third-order valence-corrected chi connectivity index (χ3v) is 6.24. The first kappa shape index (κ1) is 22.4. The summed E-state index contributed by atoms with van der Waals surface area (Å²) in [5, 5.41) is 13.2. The molecule has 0 aliphatic rings. The number of rotatable bonds is 8. The second-order valence-corrected chi connectivity index (χ2v) is 8.57. The lowest BCUT2D eigenvalue weighted by Crippen LogP contribution is -2.14. The van der Waals surface area contributed by atoms with Gasteiger partial charge in [0.05, 0.1) is 10.6 Å². The zero-order valence-electron chi connectivity index (χ0n) is 17.0. The molecule has 162 valence electrons. The van der Waals surface area contributed by atoms with E-state index < -0.39 is 21.7 Å². The van der Waals surface area contributed by atoms with Crippen molar-refractivity contribution in [2.24, 2.45) is 0 Å². The molecule has 3 N–H and O–H groups in total. The standard InChI is InChI=1S/C22H22F2N4O2S/c1-26-12-15-7-22(20-5-3-4-6-21(20)24)28(14-15)31(29,30)19-9-16(8-18(23)10-19)17(11-25)13-27-2/h3-11,13-14,25-27H,12H2,1-2H3/b17-13+,25-11?. The maximum Gasteiger partial charge on any atom is 0.268 e. The molecular formula is C22H22F2N4O2S. The van der Waals surface area contributed by atoms with Crippen LogP contribution in [0, 0.1) is 17.0 Å². The van der Waals surface area contributed by atoms with E-state index in [0.29, 0.717) is 17.7 Å². The van der Waals surface area contributed by atoms with Crippen molar-refractivity contribution in [2.45, 2.75) is 11.4 Å². The smallest absolute Gasteiger partial charge is 0.268 e. The minimum Gasteiger partial charge on any atom is -0.393 e. The molecule has 0 unspecified atom stereocenters. The molecule has 9 heteroatoms. The van der Waals surface area contributed by atoms with E-state index in [-0.39, 0.29) is 21.7 Å². The van der Waals surface area contributed by atoms with E-state index >= 15 is 0 Å². The van der Waals surface area contributed by atoms with Crippen LogP contribution >= 0.6 is 0 Å². The molecule has 0 bridgehead atoms. The number of nitrogens with one attached hydrogen (secondary N) is 3. The molecule has 0 spiro atoms. The van der Waals surface area contributed by atoms with Gasteiger partial charge in [0.15, 0.2) is 0 Å². The van der Waals surface area contributed by atoms with E-state index in [1.807, 2.05) is 0 Å². The van der Waals surface area contributed by atoms with Crippen LogP contribution in [0.15, 0.2) is 65.8 Å². The normalized spacial score (nSPS) is 12.1. The molecule has 0 fully saturated rings. The number of benzene rings is 2. The molecule has 1 heterocycles. The molecule has 0 aliphatic carbocycles. The summed E-state index contributed by atoms with van der Waals surface area (Å²) < 4.78 is 56.8. The predicted octanol–water partition coefficient (Wildman–Crippen LogP) is 3.60. The maximum absolute atomic E-state index is 14.5. The minimum absolute atomic E-state index is 0.111. The molecule has 0 amide bonds. The molecule has 0 atom stereocenters. The van der Waals surface area contributed by atoms with Crippen LogP contribution in [0.1, 0.15) is 11.1 Å². The lowest BCUT2D eigenvalue weighted by atomic mass is 10.1. The quantitative estimate of drug-likeness (QED) is 0.464. The van der Waals surface area contributed by atoms with Gasteiger partial charge in [-0.15, -0.1) is 0 Å². The summed E-state index contributed by atoms with van der Waals surface area (Å²) in [7, 11) is -0.950. The predicted molar refractivity (Wildman–Crippen MR) is 117 cm³/mol. The van der Waals surface area contributed by atoms with Crippen LogP contribution in [0.25, 0.3) is 16.8 Å². The molecule has 0 radical (unpaired) electrons. The Bertz CT molecular complexity index is 1250. The number of aromatic nitrogens is 1. The summed E-state index contributed by atoms with van der Waals surface area (Å²) in [6.07, 6.45) is 3.84. The first-order valence-corrected chi connectivity index (χ1v) is 10.8. The third-order valence-electron chi connectivity index (χ3n) is 4.59. The molecule has 1 aromatic heterocycles. The van der Waals surface area contributed by atoms with E-state index in [1.54, 1.807) is 26.2 Å². The molecule has 3 aromatic rings. The van der Waals surface area contributed by atoms with E-state index in [1.165, 1.54) is 36.7 Å². The highest BCUT2D eigenvalue weighted by atomic mass is 32.2. The van der Waals surface area contributed by atoms with E-state index in [0.717, 1.165) is 22.3 Å². The maximum atomic E-state index is 14.5. The number of nitrogens with zero attached hydrogens (tertiary/aromatic N) is 1. The summed E-state index contributed by atoms with van der Waals surface area (Å²) in [5.74, 6) is -1.34. The summed E-state index contributed by atoms with van der Waals surface area (Å²) in [4.78, 5) is -0.310. The summed E-state index contributed by atoms with van der Waals surface area (Å²) in [5.41, 5.74) is 1.39. The van der Waals surface area contributed by atoms with Crippen molar-refractivity contribution in [1.82, 2.24) is 14.6 Å². The van der Waals surface area contributed by atoms with Gasteiger partial charge in [0.2, 0.25) is 0 Å². The highest BCUT2D eigenvalue weighted by Crippen LogP contribution is 2.30. The number of allylic oxidation sites excluding steroid dienone is 1. The van der Waals surface area contributed by atoms with Gasteiger partial charge in [-0.25, -0.2) is 21.2 Å². The van der Waals surface area contributed by atoms with Crippen molar-refractivity contribution in [3.05, 3.63) is 83.7 Å². The highest BCUT2D eigenvalue weighted by molar-refractivity contribution is 7.90. The van der Waals surface area contributed by atoms with Crippen molar-refractivity contribution >= 4 is 21.8 Å². The lowest BCUT2D eigenvalue weighted by molar-refractivity contribution is 0.583. The molecule has 0 aliphatic heterocycles. The molecular weight excluding hydrogens is 422 g/mol. The molecule has 6 nitrogen and oxygen atoms in total. The fourth-order valence-electron chi connectivity index (χ4n) is 3.22. The van der Waals surface area contributed by atoms with Crippen LogP contribution in [0.2, 0.25) is 0 Å². The molecule has 31 heavy (non-hydrogen) atoms. The first-order chi connectivity index (χ1) is 14.8. The Labute approximate surface area is 179 Å². The van der Waals surface area contributed by atoms with Crippen LogP contribution in [0.4, 0.5) is 8.78 Å². The summed E-state index contributed by atoms with van der Waals surface area (Å²) in [6.45, 7) is 0.362. The summed E-state index contributed by atoms with van der Waals surface area (Å²) in [6, 6.07) is 10.8. The minimum atomic E-state index is -4.27. The van der Waals surface area contributed by atoms with E-state index in [4.69, 9.17) is 5.41 Å². The monoisotopic (exact) mass is 444 g/mol. The number of hydrogen-bond donors (Lipinski definition) is 3. The lowest BCUT2D eigenvalue weighted by Gasteiger charge is -2.13. The van der Waals surface area contributed by atoms with Crippen LogP contribution in [-0.4, -0.2) is 32.7 Å². The molecule has 2 aromatic carbocycles. The third kappa shape index (κ3) is 4.57. The van der Waals surface area contributed by atoms with Crippen molar-refractivity contribution in [2.75, 3.05) is 14.1 Å². The van der Waals surface area contributed by atoms with Gasteiger partial charge in [-0.1, -0.05) is 12.1 Å². The SMILES string of the molecule is CN/C=C(\C=N)c1cc(F)cc(S(=O)(=O)n2cc(CNC)cc2-c2ccccc2F)c1. The van der Waals surface area contributed by atoms with Crippen LogP contribution < -0.4 is 10.6 Å². The average molecular weight is 445 g/mol. The van der Waals surface area contributed by atoms with Gasteiger partial charge in [0.1, 0.15) is 11.6 Å². The Morgan fingerprint density at radius 3 is 2.52 bits per heavy atom. The Morgan fingerprint density at radius 1 is 1.13 bits per heavy atom. The van der Waals surface area contributed by atoms with Crippen molar-refractivity contribution in [1.29, 1.82) is 5.41 Å². The van der Waals surface area contributed by atoms with Crippen molar-refractivity contribution in [3.63, 3.8) is 0 Å². The Kier molecular flexibility index (Phi) is 6.67. The number of hydrogen-bond acceptors (Lipinski definition) is 5. The fourth-order valence-corrected chi connectivity index (χ4v) is 4.67. The van der Waals surface area contributed by atoms with Crippen LogP contribution in [0.3, 0.4) is 0 Å². The van der Waals surface area contributed by atoms with Gasteiger partial charge < -0.3 is 16.0 Å². The highest BCUT2D eigenvalue weighted by Gasteiger charge is 2.24. The number of halogens is 2. The van der Waals surface area contributed by atoms with Gasteiger partial charge in [-0.3, -0.25) is 0 Å². The van der Waals surface area contributed by atoms with Gasteiger partial charge in [-0.05, 0) is 54.6 Å². The topological polar surface area (TPSA) is 87.0 Å². The summed E-state index contributed by atoms with van der Waals surface area (Å²) >= 11 is 0. The molecule has 0 saturated heterocycles. The zero-order chi connectivity index (χ0) is 22.6. The first-order valence-electron chi connectivity index (χ1n) is 9.37. The van der Waals surface area contributed by atoms with Crippen molar-refractivity contribution in [3.8, 4) is 11.3 Å². The molecule has 3 rings (SSSR count). The van der Waals surface area contributed by atoms with Crippen LogP contribution in [-0.2, 0) is 16.6 Å². The van der Waals surface area contributed by atoms with Crippen LogP contribution in [0.5, 0.6) is 0 Å². The van der Waals surface area contributed by atoms with Crippen molar-refractivity contribution < 1.29 is 17.2 Å². The van der Waals surface area contributed by atoms with Gasteiger partial charge >= 0.3 is 0 Å². The largest absolute Gasteiger partial charge is 0.393 e. The Balaban J connectivity index is 2.23. The Hall–Kier alpha value is -3.30. The fraction of sp³-hybridized carbons (Fsp3) is 0.136. The van der Waals surface area contributed by atoms with Gasteiger partial charge in [-0.2, -0.15) is 0 Å². The zero-order valence-corrected chi connectivity index (χ0v) is 17.8. The van der Waals surface area contributed by atoms with Gasteiger partial charge in [0, 0.05) is 43.3 Å². The van der Waals surface area contributed by atoms with E-state index in [2.05, 4.69) is 10.6 Å². The Morgan fingerprint density at radius 2 is 1.87 bits per heavy atom. The second kappa shape index (κ2) is 9.23.